The first kappa shape index (κ1) is 15.4. The normalized spacial score (nSPS) is 21.5. The van der Waals surface area contributed by atoms with Crippen LogP contribution in [0.3, 0.4) is 0 Å². The Hall–Kier alpha value is 0.310. The third-order valence-electron chi connectivity index (χ3n) is 3.23. The van der Waals surface area contributed by atoms with E-state index in [-0.39, 0.29) is 24.0 Å². The SMILES string of the molecule is CN(CCN=C(N)N1CCSCC1)C1CC1.I. The van der Waals surface area contributed by atoms with Gasteiger partial charge < -0.3 is 15.5 Å². The topological polar surface area (TPSA) is 44.9 Å². The summed E-state index contributed by atoms with van der Waals surface area (Å²) in [5.74, 6) is 3.10. The summed E-state index contributed by atoms with van der Waals surface area (Å²) < 4.78 is 0. The summed E-state index contributed by atoms with van der Waals surface area (Å²) in [6.45, 7) is 3.98. The Balaban J connectivity index is 0.00000144. The second kappa shape index (κ2) is 7.68. The highest BCUT2D eigenvalue weighted by Gasteiger charge is 2.25. The maximum atomic E-state index is 5.97. The lowest BCUT2D eigenvalue weighted by molar-refractivity contribution is 0.333. The summed E-state index contributed by atoms with van der Waals surface area (Å²) in [6.07, 6.45) is 2.72. The molecule has 17 heavy (non-hydrogen) atoms. The lowest BCUT2D eigenvalue weighted by Crippen LogP contribution is -2.43. The molecular formula is C11H23IN4S. The van der Waals surface area contributed by atoms with Gasteiger partial charge in [-0.1, -0.05) is 0 Å². The van der Waals surface area contributed by atoms with Gasteiger partial charge in [-0.3, -0.25) is 4.99 Å². The van der Waals surface area contributed by atoms with Crippen LogP contribution in [0, 0.1) is 0 Å². The van der Waals surface area contributed by atoms with Crippen molar-refractivity contribution in [3.8, 4) is 0 Å². The second-order valence-corrected chi connectivity index (χ2v) is 5.78. The second-order valence-electron chi connectivity index (χ2n) is 4.55. The summed E-state index contributed by atoms with van der Waals surface area (Å²) in [6, 6.07) is 0.822. The van der Waals surface area contributed by atoms with Crippen LogP contribution in [0.1, 0.15) is 12.8 Å². The summed E-state index contributed by atoms with van der Waals surface area (Å²) in [5, 5.41) is 0. The molecule has 0 spiro atoms. The fourth-order valence-corrected chi connectivity index (χ4v) is 2.82. The molecule has 2 rings (SSSR count). The summed E-state index contributed by atoms with van der Waals surface area (Å²) in [4.78, 5) is 9.06. The van der Waals surface area contributed by atoms with Crippen LogP contribution >= 0.6 is 35.7 Å². The van der Waals surface area contributed by atoms with Crippen LogP contribution in [0.2, 0.25) is 0 Å². The molecule has 4 nitrogen and oxygen atoms in total. The number of aliphatic imine (C=N–C) groups is 1. The molecule has 2 aliphatic rings. The number of nitrogens with two attached hydrogens (primary N) is 1. The molecule has 0 aromatic carbocycles. The minimum Gasteiger partial charge on any atom is -0.370 e. The standard InChI is InChI=1S/C11H22N4S.HI/c1-14(10-2-3-10)5-4-13-11(12)15-6-8-16-9-7-15;/h10H,2-9H2,1H3,(H2,12,13);1H. The Bertz CT molecular complexity index is 252. The maximum Gasteiger partial charge on any atom is 0.191 e. The van der Waals surface area contributed by atoms with Crippen LogP contribution in [0.15, 0.2) is 4.99 Å². The molecule has 1 heterocycles. The molecule has 0 bridgehead atoms. The van der Waals surface area contributed by atoms with Crippen molar-refractivity contribution in [2.24, 2.45) is 10.7 Å². The quantitative estimate of drug-likeness (QED) is 0.457. The highest BCUT2D eigenvalue weighted by atomic mass is 127. The van der Waals surface area contributed by atoms with Crippen molar-refractivity contribution >= 4 is 41.7 Å². The minimum atomic E-state index is 0. The predicted octanol–water partition coefficient (Wildman–Crippen LogP) is 1.06. The van der Waals surface area contributed by atoms with E-state index in [4.69, 9.17) is 5.73 Å². The van der Waals surface area contributed by atoms with E-state index in [9.17, 15) is 0 Å². The van der Waals surface area contributed by atoms with E-state index in [1.807, 2.05) is 11.8 Å². The molecule has 0 aromatic heterocycles. The van der Waals surface area contributed by atoms with Crippen LogP contribution in [-0.4, -0.2) is 66.5 Å². The van der Waals surface area contributed by atoms with Crippen molar-refractivity contribution in [3.63, 3.8) is 0 Å². The van der Waals surface area contributed by atoms with Crippen LogP contribution < -0.4 is 5.73 Å². The number of guanidine groups is 1. The molecule has 0 aromatic rings. The molecule has 1 aliphatic carbocycles. The predicted molar refractivity (Wildman–Crippen MR) is 86.5 cm³/mol. The monoisotopic (exact) mass is 370 g/mol. The number of hydrogen-bond donors (Lipinski definition) is 1. The van der Waals surface area contributed by atoms with Gasteiger partial charge in [0.2, 0.25) is 0 Å². The van der Waals surface area contributed by atoms with Gasteiger partial charge in [0.15, 0.2) is 5.96 Å². The van der Waals surface area contributed by atoms with Gasteiger partial charge >= 0.3 is 0 Å². The van der Waals surface area contributed by atoms with Gasteiger partial charge in [-0.15, -0.1) is 24.0 Å². The molecule has 0 atom stereocenters. The molecule has 1 saturated heterocycles. The van der Waals surface area contributed by atoms with Crippen molar-refractivity contribution in [3.05, 3.63) is 0 Å². The Kier molecular flexibility index (Phi) is 6.94. The van der Waals surface area contributed by atoms with Gasteiger partial charge in [0.1, 0.15) is 0 Å². The molecule has 1 saturated carbocycles. The fraction of sp³-hybridized carbons (Fsp3) is 0.909. The van der Waals surface area contributed by atoms with E-state index < -0.39 is 0 Å². The fourth-order valence-electron chi connectivity index (χ4n) is 1.91. The zero-order valence-electron chi connectivity index (χ0n) is 10.5. The lowest BCUT2D eigenvalue weighted by Gasteiger charge is -2.27. The van der Waals surface area contributed by atoms with Crippen LogP contribution in [0.25, 0.3) is 0 Å². The van der Waals surface area contributed by atoms with Crippen molar-refractivity contribution in [2.75, 3.05) is 44.7 Å². The molecule has 0 radical (unpaired) electrons. The van der Waals surface area contributed by atoms with Gasteiger partial charge in [0.25, 0.3) is 0 Å². The number of rotatable bonds is 4. The zero-order chi connectivity index (χ0) is 11.4. The number of nitrogens with zero attached hydrogens (tertiary/aromatic N) is 3. The van der Waals surface area contributed by atoms with Crippen molar-refractivity contribution in [1.29, 1.82) is 0 Å². The van der Waals surface area contributed by atoms with Crippen molar-refractivity contribution < 1.29 is 0 Å². The van der Waals surface area contributed by atoms with Gasteiger partial charge in [0.05, 0.1) is 6.54 Å². The molecule has 0 unspecified atom stereocenters. The number of halogens is 1. The van der Waals surface area contributed by atoms with Crippen LogP contribution in [-0.2, 0) is 0 Å². The minimum absolute atomic E-state index is 0. The average molecular weight is 370 g/mol. The number of thioether (sulfide) groups is 1. The highest BCUT2D eigenvalue weighted by molar-refractivity contribution is 14.0. The third kappa shape index (κ3) is 5.21. The van der Waals surface area contributed by atoms with E-state index in [1.54, 1.807) is 0 Å². The first-order valence-electron chi connectivity index (χ1n) is 6.10. The van der Waals surface area contributed by atoms with Crippen LogP contribution in [0.4, 0.5) is 0 Å². The summed E-state index contributed by atoms with van der Waals surface area (Å²) in [7, 11) is 2.18. The molecule has 100 valence electrons. The Morgan fingerprint density at radius 2 is 2.06 bits per heavy atom. The molecule has 2 fully saturated rings. The summed E-state index contributed by atoms with van der Waals surface area (Å²) >= 11 is 2.00. The maximum absolute atomic E-state index is 5.97. The van der Waals surface area contributed by atoms with Gasteiger partial charge in [-0.2, -0.15) is 11.8 Å². The van der Waals surface area contributed by atoms with Gasteiger partial charge in [0, 0.05) is 37.2 Å². The smallest absolute Gasteiger partial charge is 0.191 e. The van der Waals surface area contributed by atoms with E-state index in [0.29, 0.717) is 0 Å². The Labute approximate surface area is 125 Å². The lowest BCUT2D eigenvalue weighted by atomic mass is 10.5. The summed E-state index contributed by atoms with van der Waals surface area (Å²) in [5.41, 5.74) is 5.97. The van der Waals surface area contributed by atoms with Crippen molar-refractivity contribution in [1.82, 2.24) is 9.80 Å². The Morgan fingerprint density at radius 3 is 2.65 bits per heavy atom. The van der Waals surface area contributed by atoms with E-state index in [1.165, 1.54) is 24.3 Å². The van der Waals surface area contributed by atoms with Crippen molar-refractivity contribution in [2.45, 2.75) is 18.9 Å². The van der Waals surface area contributed by atoms with E-state index in [2.05, 4.69) is 21.8 Å². The molecular weight excluding hydrogens is 347 g/mol. The Morgan fingerprint density at radius 1 is 1.41 bits per heavy atom. The molecule has 0 amide bonds. The van der Waals surface area contributed by atoms with Gasteiger partial charge in [-0.25, -0.2) is 0 Å². The first-order chi connectivity index (χ1) is 7.77. The van der Waals surface area contributed by atoms with Gasteiger partial charge in [-0.05, 0) is 19.9 Å². The molecule has 2 N–H and O–H groups in total. The third-order valence-corrected chi connectivity index (χ3v) is 4.17. The van der Waals surface area contributed by atoms with Crippen LogP contribution in [0.5, 0.6) is 0 Å². The zero-order valence-corrected chi connectivity index (χ0v) is 13.6. The largest absolute Gasteiger partial charge is 0.370 e. The van der Waals surface area contributed by atoms with E-state index >= 15 is 0 Å². The molecule has 1 aliphatic heterocycles. The van der Waals surface area contributed by atoms with E-state index in [0.717, 1.165) is 38.2 Å². The highest BCUT2D eigenvalue weighted by Crippen LogP contribution is 2.24. The first-order valence-corrected chi connectivity index (χ1v) is 7.25. The molecule has 6 heteroatoms. The number of likely N-dealkylation sites (N-methyl/N-ethyl adjacent to an activating group) is 1. The average Bonchev–Trinajstić information content (AvgIpc) is 3.14. The number of hydrogen-bond acceptors (Lipinski definition) is 3.